The molecule has 0 saturated carbocycles. The highest BCUT2D eigenvalue weighted by Gasteiger charge is 2.25. The largest absolute Gasteiger partial charge is 0.397 e. The molecule has 0 aliphatic heterocycles. The first-order valence-electron chi connectivity index (χ1n) is 4.46. The third-order valence-corrected chi connectivity index (χ3v) is 2.41. The molecule has 82 valence electrons. The minimum absolute atomic E-state index is 0.462. The number of halogens is 1. The third kappa shape index (κ3) is 2.53. The number of nitrogens with one attached hydrogen (secondary N) is 1. The second-order valence-electron chi connectivity index (χ2n) is 3.82. The van der Waals surface area contributed by atoms with Crippen LogP contribution in [0.25, 0.3) is 0 Å². The molecule has 1 amide bonds. The van der Waals surface area contributed by atoms with Gasteiger partial charge in [0, 0.05) is 0 Å². The molecule has 1 aromatic rings. The Morgan fingerprint density at radius 1 is 1.47 bits per heavy atom. The highest BCUT2D eigenvalue weighted by Crippen LogP contribution is 2.30. The van der Waals surface area contributed by atoms with Crippen LogP contribution in [0.5, 0.6) is 0 Å². The Kier molecular flexibility index (Phi) is 3.09. The van der Waals surface area contributed by atoms with Crippen LogP contribution in [0.1, 0.15) is 13.8 Å². The number of hydrogen-bond acceptors (Lipinski definition) is 3. The fourth-order valence-electron chi connectivity index (χ4n) is 1.05. The normalized spacial score (nSPS) is 11.1. The topological polar surface area (TPSA) is 81.1 Å². The standard InChI is InChI=1S/C10H14ClN3O/c1-10(2,9(13)15)14-8-6(11)4-3-5-7(8)12/h3-5,14H,12H2,1-2H3,(H2,13,15). The van der Waals surface area contributed by atoms with Crippen molar-refractivity contribution >= 4 is 28.9 Å². The van der Waals surface area contributed by atoms with E-state index < -0.39 is 11.4 Å². The van der Waals surface area contributed by atoms with Gasteiger partial charge in [0.1, 0.15) is 5.54 Å². The molecule has 0 aromatic heterocycles. The molecule has 0 heterocycles. The van der Waals surface area contributed by atoms with Gasteiger partial charge in [-0.3, -0.25) is 4.79 Å². The molecule has 0 fully saturated rings. The van der Waals surface area contributed by atoms with Crippen LogP contribution in [-0.4, -0.2) is 11.4 Å². The summed E-state index contributed by atoms with van der Waals surface area (Å²) >= 11 is 5.95. The zero-order chi connectivity index (χ0) is 11.6. The Bertz CT molecular complexity index is 370. The predicted octanol–water partition coefficient (Wildman–Crippen LogP) is 1.60. The fourth-order valence-corrected chi connectivity index (χ4v) is 1.28. The summed E-state index contributed by atoms with van der Waals surface area (Å²) in [5, 5.41) is 3.39. The fraction of sp³-hybridized carbons (Fsp3) is 0.300. The van der Waals surface area contributed by atoms with E-state index in [4.69, 9.17) is 23.1 Å². The van der Waals surface area contributed by atoms with Gasteiger partial charge in [0.15, 0.2) is 0 Å². The second kappa shape index (κ2) is 3.98. The van der Waals surface area contributed by atoms with Crippen LogP contribution in [0.4, 0.5) is 11.4 Å². The van der Waals surface area contributed by atoms with Crippen molar-refractivity contribution in [2.75, 3.05) is 11.1 Å². The summed E-state index contributed by atoms with van der Waals surface area (Å²) in [6, 6.07) is 5.13. The van der Waals surface area contributed by atoms with Crippen molar-refractivity contribution < 1.29 is 4.79 Å². The van der Waals surface area contributed by atoms with Crippen molar-refractivity contribution in [1.82, 2.24) is 0 Å². The molecule has 0 spiro atoms. The molecule has 0 radical (unpaired) electrons. The first-order chi connectivity index (χ1) is 6.84. The summed E-state index contributed by atoms with van der Waals surface area (Å²) < 4.78 is 0. The number of anilines is 2. The average molecular weight is 228 g/mol. The number of para-hydroxylation sites is 1. The molecule has 0 saturated heterocycles. The van der Waals surface area contributed by atoms with Crippen LogP contribution in [0.15, 0.2) is 18.2 Å². The van der Waals surface area contributed by atoms with Gasteiger partial charge >= 0.3 is 0 Å². The molecule has 0 aliphatic carbocycles. The van der Waals surface area contributed by atoms with Crippen molar-refractivity contribution in [2.24, 2.45) is 5.73 Å². The van der Waals surface area contributed by atoms with Crippen LogP contribution < -0.4 is 16.8 Å². The number of primary amides is 1. The molecule has 0 bridgehead atoms. The molecular formula is C10H14ClN3O. The van der Waals surface area contributed by atoms with Crippen LogP contribution in [0.3, 0.4) is 0 Å². The van der Waals surface area contributed by atoms with E-state index in [1.807, 2.05) is 0 Å². The number of amides is 1. The number of carbonyl (C=O) groups excluding carboxylic acids is 1. The van der Waals surface area contributed by atoms with E-state index in [0.717, 1.165) is 0 Å². The average Bonchev–Trinajstić information content (AvgIpc) is 2.11. The molecule has 15 heavy (non-hydrogen) atoms. The first kappa shape index (κ1) is 11.7. The van der Waals surface area contributed by atoms with Crippen LogP contribution >= 0.6 is 11.6 Å². The number of rotatable bonds is 3. The Morgan fingerprint density at radius 3 is 2.53 bits per heavy atom. The minimum Gasteiger partial charge on any atom is -0.397 e. The van der Waals surface area contributed by atoms with Gasteiger partial charge in [-0.1, -0.05) is 17.7 Å². The maximum atomic E-state index is 11.1. The van der Waals surface area contributed by atoms with E-state index in [0.29, 0.717) is 16.4 Å². The van der Waals surface area contributed by atoms with Crippen molar-refractivity contribution in [1.29, 1.82) is 0 Å². The van der Waals surface area contributed by atoms with Crippen molar-refractivity contribution in [3.8, 4) is 0 Å². The summed E-state index contributed by atoms with van der Waals surface area (Å²) in [6.07, 6.45) is 0. The predicted molar refractivity (Wildman–Crippen MR) is 62.8 cm³/mol. The molecule has 5 heteroatoms. The summed E-state index contributed by atoms with van der Waals surface area (Å²) in [4.78, 5) is 11.1. The summed E-state index contributed by atoms with van der Waals surface area (Å²) in [5.41, 5.74) is 11.1. The smallest absolute Gasteiger partial charge is 0.242 e. The van der Waals surface area contributed by atoms with Gasteiger partial charge in [0.25, 0.3) is 0 Å². The van der Waals surface area contributed by atoms with Crippen LogP contribution in [0, 0.1) is 0 Å². The Hall–Kier alpha value is -1.42. The lowest BCUT2D eigenvalue weighted by atomic mass is 10.0. The van der Waals surface area contributed by atoms with Gasteiger partial charge in [0.05, 0.1) is 16.4 Å². The van der Waals surface area contributed by atoms with Crippen molar-refractivity contribution in [3.05, 3.63) is 23.2 Å². The molecule has 5 N–H and O–H groups in total. The molecular weight excluding hydrogens is 214 g/mol. The molecule has 1 aromatic carbocycles. The Balaban J connectivity index is 3.04. The van der Waals surface area contributed by atoms with E-state index in [1.165, 1.54) is 0 Å². The van der Waals surface area contributed by atoms with Crippen molar-refractivity contribution in [3.63, 3.8) is 0 Å². The lowest BCUT2D eigenvalue weighted by molar-refractivity contribution is -0.121. The molecule has 4 nitrogen and oxygen atoms in total. The lowest BCUT2D eigenvalue weighted by Gasteiger charge is -2.25. The van der Waals surface area contributed by atoms with Crippen molar-refractivity contribution in [2.45, 2.75) is 19.4 Å². The van der Waals surface area contributed by atoms with Crippen LogP contribution in [0.2, 0.25) is 5.02 Å². The number of hydrogen-bond donors (Lipinski definition) is 3. The van der Waals surface area contributed by atoms with E-state index in [-0.39, 0.29) is 0 Å². The number of nitrogens with two attached hydrogens (primary N) is 2. The SMILES string of the molecule is CC(C)(Nc1c(N)cccc1Cl)C(N)=O. The molecule has 0 aliphatic rings. The molecule has 0 atom stereocenters. The zero-order valence-corrected chi connectivity index (χ0v) is 9.43. The van der Waals surface area contributed by atoms with Gasteiger partial charge in [-0.05, 0) is 26.0 Å². The number of benzene rings is 1. The van der Waals surface area contributed by atoms with Crippen LogP contribution in [-0.2, 0) is 4.79 Å². The monoisotopic (exact) mass is 227 g/mol. The molecule has 0 unspecified atom stereocenters. The maximum Gasteiger partial charge on any atom is 0.242 e. The summed E-state index contributed by atoms with van der Waals surface area (Å²) in [7, 11) is 0. The van der Waals surface area contributed by atoms with Gasteiger partial charge in [-0.15, -0.1) is 0 Å². The van der Waals surface area contributed by atoms with E-state index >= 15 is 0 Å². The van der Waals surface area contributed by atoms with Gasteiger partial charge < -0.3 is 16.8 Å². The maximum absolute atomic E-state index is 11.1. The van der Waals surface area contributed by atoms with Gasteiger partial charge in [-0.2, -0.15) is 0 Å². The van der Waals surface area contributed by atoms with E-state index in [9.17, 15) is 4.79 Å². The highest BCUT2D eigenvalue weighted by molar-refractivity contribution is 6.34. The minimum atomic E-state index is -0.890. The zero-order valence-electron chi connectivity index (χ0n) is 8.67. The van der Waals surface area contributed by atoms with E-state index in [1.54, 1.807) is 32.0 Å². The second-order valence-corrected chi connectivity index (χ2v) is 4.23. The Morgan fingerprint density at radius 2 is 2.07 bits per heavy atom. The highest BCUT2D eigenvalue weighted by atomic mass is 35.5. The van der Waals surface area contributed by atoms with Gasteiger partial charge in [0.2, 0.25) is 5.91 Å². The molecule has 1 rings (SSSR count). The summed E-state index contributed by atoms with van der Waals surface area (Å²) in [6.45, 7) is 3.33. The third-order valence-electron chi connectivity index (χ3n) is 2.10. The summed E-state index contributed by atoms with van der Waals surface area (Å²) in [5.74, 6) is -0.471. The number of carbonyl (C=O) groups is 1. The van der Waals surface area contributed by atoms with Gasteiger partial charge in [-0.25, -0.2) is 0 Å². The number of nitrogen functional groups attached to an aromatic ring is 1. The van der Waals surface area contributed by atoms with E-state index in [2.05, 4.69) is 5.32 Å². The first-order valence-corrected chi connectivity index (χ1v) is 4.84. The lowest BCUT2D eigenvalue weighted by Crippen LogP contribution is -2.45. The Labute approximate surface area is 93.6 Å². The quantitative estimate of drug-likeness (QED) is 0.686.